The molecule has 16 nitrogen and oxygen atoms in total. The first-order chi connectivity index (χ1) is 29.8. The molecule has 0 aromatic rings. The molecule has 0 aromatic carbocycles. The smallest absolute Gasteiger partial charge is 0.376 e. The molecule has 0 unspecified atom stereocenters. The van der Waals surface area contributed by atoms with Gasteiger partial charge in [-0.25, -0.2) is 19.2 Å². The molecule has 0 spiro atoms. The van der Waals surface area contributed by atoms with E-state index in [1.165, 1.54) is 0 Å². The molecule has 0 saturated heterocycles. The summed E-state index contributed by atoms with van der Waals surface area (Å²) in [5.41, 5.74) is -2.49. The van der Waals surface area contributed by atoms with E-state index in [0.717, 1.165) is 0 Å². The molecule has 0 aliphatic heterocycles. The fourth-order valence-electron chi connectivity index (χ4n) is 2.83. The van der Waals surface area contributed by atoms with E-state index >= 15 is 0 Å². The van der Waals surface area contributed by atoms with Crippen LogP contribution in [0, 0.1) is 21.7 Å². The van der Waals surface area contributed by atoms with Gasteiger partial charge < -0.3 is 37.9 Å². The van der Waals surface area contributed by atoms with E-state index in [1.54, 1.807) is 55.4 Å². The van der Waals surface area contributed by atoms with Gasteiger partial charge in [0.2, 0.25) is 0 Å². The highest BCUT2D eigenvalue weighted by Gasteiger charge is 2.36. The topological polar surface area (TPSA) is 210 Å². The van der Waals surface area contributed by atoms with Crippen molar-refractivity contribution in [1.82, 2.24) is 0 Å². The molecule has 0 aliphatic rings. The monoisotopic (exact) mass is 980 g/mol. The molecule has 0 fully saturated rings. The van der Waals surface area contributed by atoms with E-state index in [0.29, 0.717) is 39.5 Å². The van der Waals surface area contributed by atoms with E-state index < -0.39 is 94.1 Å². The van der Waals surface area contributed by atoms with Gasteiger partial charge in [-0.05, 0) is 81.1 Å². The molecule has 0 bridgehead atoms. The number of carbonyl (C=O) groups excluding carboxylic acids is 8. The molecule has 0 amide bonds. The number of hydrogen-bond donors (Lipinski definition) is 0. The second-order valence-corrected chi connectivity index (χ2v) is 16.5. The minimum atomic E-state index is -3.52. The van der Waals surface area contributed by atoms with Crippen molar-refractivity contribution in [2.75, 3.05) is 52.9 Å². The van der Waals surface area contributed by atoms with Crippen LogP contribution in [0.4, 0.5) is 35.1 Å². The number of esters is 8. The second-order valence-electron chi connectivity index (χ2n) is 16.5. The number of hydrogen-bond acceptors (Lipinski definition) is 16. The van der Waals surface area contributed by atoms with E-state index in [4.69, 9.17) is 18.9 Å². The van der Waals surface area contributed by atoms with Crippen LogP contribution in [0.3, 0.4) is 0 Å². The van der Waals surface area contributed by atoms with Crippen molar-refractivity contribution in [2.45, 2.75) is 147 Å². The molecule has 388 valence electrons. The third kappa shape index (κ3) is 32.0. The summed E-state index contributed by atoms with van der Waals surface area (Å²) in [6, 6.07) is 0. The highest BCUT2D eigenvalue weighted by Crippen LogP contribution is 2.24. The summed E-state index contributed by atoms with van der Waals surface area (Å²) >= 11 is 0. The van der Waals surface area contributed by atoms with Gasteiger partial charge in [-0.15, -0.1) is 0 Å². The van der Waals surface area contributed by atoms with E-state index in [1.807, 2.05) is 27.7 Å². The number of carbonyl (C=O) groups is 8. The highest BCUT2D eigenvalue weighted by atomic mass is 19.3. The largest absolute Gasteiger partial charge is 0.462 e. The summed E-state index contributed by atoms with van der Waals surface area (Å²) in [5, 5.41) is 0. The molecule has 66 heavy (non-hydrogen) atoms. The van der Waals surface area contributed by atoms with Crippen molar-refractivity contribution in [3.05, 3.63) is 0 Å². The molecule has 24 heteroatoms. The Hall–Kier alpha value is -4.80. The molecule has 0 saturated carbocycles. The number of ether oxygens (including phenoxy) is 8. The Morgan fingerprint density at radius 1 is 0.318 bits per heavy atom. The van der Waals surface area contributed by atoms with Gasteiger partial charge in [0, 0.05) is 13.8 Å². The Labute approximate surface area is 380 Å². The summed E-state index contributed by atoms with van der Waals surface area (Å²) < 4.78 is 132. The molecular weight excluding hydrogens is 912 g/mol. The first-order valence-corrected chi connectivity index (χ1v) is 20.5. The third-order valence-electron chi connectivity index (χ3n) is 9.04. The predicted molar refractivity (Wildman–Crippen MR) is 217 cm³/mol. The lowest BCUT2D eigenvalue weighted by Gasteiger charge is -2.20. The average Bonchev–Trinajstić information content (AvgIpc) is 3.22. The van der Waals surface area contributed by atoms with Gasteiger partial charge in [0.1, 0.15) is 52.9 Å². The first-order valence-electron chi connectivity index (χ1n) is 20.5. The molecule has 0 radical (unpaired) electrons. The minimum absolute atomic E-state index is 0.208. The van der Waals surface area contributed by atoms with Gasteiger partial charge in [-0.2, -0.15) is 35.1 Å². The van der Waals surface area contributed by atoms with E-state index in [2.05, 4.69) is 18.9 Å². The molecular formula is C42H68F8O16. The standard InChI is InChI=1S/2C11H18F2O4.2C10H16F2O4/c2*1-5-10(2,3)8(14)16-6-7-17-9(15)11(4,12)13;2*1-4-10(2,3)9(14)16-6-5-15-8(13)7(11)12/h2*5-7H2,1-4H3;2*7H,4-6H2,1-3H3. The zero-order chi connectivity index (χ0) is 52.9. The maximum atomic E-state index is 12.4. The lowest BCUT2D eigenvalue weighted by atomic mass is 9.91. The molecule has 0 rings (SSSR count). The van der Waals surface area contributed by atoms with Crippen LogP contribution in [-0.2, 0) is 76.3 Å². The van der Waals surface area contributed by atoms with Crippen molar-refractivity contribution >= 4 is 47.8 Å². The highest BCUT2D eigenvalue weighted by molar-refractivity contribution is 5.79. The fraction of sp³-hybridized carbons (Fsp3) is 0.810. The van der Waals surface area contributed by atoms with Gasteiger partial charge in [0.15, 0.2) is 0 Å². The number of halogens is 8. The summed E-state index contributed by atoms with van der Waals surface area (Å²) in [5.74, 6) is -15.3. The van der Waals surface area contributed by atoms with E-state index in [-0.39, 0.29) is 52.9 Å². The predicted octanol–water partition coefficient (Wildman–Crippen LogP) is 7.88. The van der Waals surface area contributed by atoms with Gasteiger partial charge in [-0.1, -0.05) is 27.7 Å². The lowest BCUT2D eigenvalue weighted by molar-refractivity contribution is -0.173. The summed E-state index contributed by atoms with van der Waals surface area (Å²) in [6.45, 7) is 19.6. The second kappa shape index (κ2) is 32.0. The molecule has 0 aliphatic carbocycles. The van der Waals surface area contributed by atoms with Crippen LogP contribution < -0.4 is 0 Å². The van der Waals surface area contributed by atoms with Crippen LogP contribution in [0.25, 0.3) is 0 Å². The van der Waals surface area contributed by atoms with Gasteiger partial charge >= 0.3 is 72.5 Å². The number of alkyl halides is 8. The van der Waals surface area contributed by atoms with Crippen molar-refractivity contribution in [1.29, 1.82) is 0 Å². The quantitative estimate of drug-likeness (QED) is 0.0390. The molecule has 0 atom stereocenters. The summed E-state index contributed by atoms with van der Waals surface area (Å²) in [6.07, 6.45) is -3.91. The summed E-state index contributed by atoms with van der Waals surface area (Å²) in [4.78, 5) is 87.5. The van der Waals surface area contributed by atoms with Crippen LogP contribution in [0.15, 0.2) is 0 Å². The van der Waals surface area contributed by atoms with Crippen molar-refractivity contribution in [3.8, 4) is 0 Å². The molecule has 0 heterocycles. The zero-order valence-corrected chi connectivity index (χ0v) is 40.2. The molecule has 0 N–H and O–H groups in total. The van der Waals surface area contributed by atoms with Crippen LogP contribution in [0.1, 0.15) is 123 Å². The summed E-state index contributed by atoms with van der Waals surface area (Å²) in [7, 11) is 0. The Balaban J connectivity index is -0.000000388. The Morgan fingerprint density at radius 2 is 0.470 bits per heavy atom. The first kappa shape index (κ1) is 67.8. The van der Waals surface area contributed by atoms with Crippen molar-refractivity contribution in [2.24, 2.45) is 21.7 Å². The minimum Gasteiger partial charge on any atom is -0.462 e. The van der Waals surface area contributed by atoms with Crippen LogP contribution >= 0.6 is 0 Å². The Kier molecular flexibility index (Phi) is 32.9. The van der Waals surface area contributed by atoms with Gasteiger partial charge in [0.05, 0.1) is 21.7 Å². The maximum absolute atomic E-state index is 12.4. The Bertz CT molecular complexity index is 1400. The van der Waals surface area contributed by atoms with Crippen molar-refractivity contribution < 1.29 is 111 Å². The normalized spacial score (nSPS) is 11.8. The zero-order valence-electron chi connectivity index (χ0n) is 40.2. The average molecular weight is 981 g/mol. The van der Waals surface area contributed by atoms with Crippen molar-refractivity contribution in [3.63, 3.8) is 0 Å². The van der Waals surface area contributed by atoms with E-state index in [9.17, 15) is 73.5 Å². The molecule has 0 aromatic heterocycles. The van der Waals surface area contributed by atoms with Gasteiger partial charge in [0.25, 0.3) is 0 Å². The van der Waals surface area contributed by atoms with Crippen LogP contribution in [0.2, 0.25) is 0 Å². The number of rotatable bonds is 24. The maximum Gasteiger partial charge on any atom is 0.376 e. The van der Waals surface area contributed by atoms with Crippen LogP contribution in [-0.4, -0.2) is 125 Å². The fourth-order valence-corrected chi connectivity index (χ4v) is 2.83. The third-order valence-corrected chi connectivity index (χ3v) is 9.04. The lowest BCUT2D eigenvalue weighted by Crippen LogP contribution is -2.30. The van der Waals surface area contributed by atoms with Crippen LogP contribution in [0.5, 0.6) is 0 Å². The Morgan fingerprint density at radius 3 is 0.606 bits per heavy atom. The van der Waals surface area contributed by atoms with Gasteiger partial charge in [-0.3, -0.25) is 19.2 Å². The SMILES string of the molecule is CCC(C)(C)C(=O)OCCOC(=O)C(C)(F)F.CCC(C)(C)C(=O)OCCOC(=O)C(C)(F)F.CCC(C)(C)C(=O)OCCOC(=O)C(F)F.CCC(C)(C)C(=O)OCCOC(=O)C(F)F.